The molecule has 2 aromatic carbocycles. The molecule has 0 radical (unpaired) electrons. The van der Waals surface area contributed by atoms with Crippen molar-refractivity contribution in [2.45, 2.75) is 41.2 Å². The molecular weight excluding hydrogens is 322 g/mol. The molecule has 4 nitrogen and oxygen atoms in total. The number of rotatable bonds is 4. The molecule has 3 rings (SSSR count). The molecule has 0 saturated heterocycles. The van der Waals surface area contributed by atoms with E-state index >= 15 is 0 Å². The number of aryl methyl sites for hydroxylation is 4. The summed E-state index contributed by atoms with van der Waals surface area (Å²) < 4.78 is 1.95. The summed E-state index contributed by atoms with van der Waals surface area (Å²) in [6.45, 7) is 10.7. The van der Waals surface area contributed by atoms with E-state index in [1.165, 1.54) is 11.1 Å². The highest BCUT2D eigenvalue weighted by atomic mass is 16.1. The Labute approximate surface area is 154 Å². The second-order valence-corrected chi connectivity index (χ2v) is 6.97. The first kappa shape index (κ1) is 17.9. The molecule has 3 aromatic rings. The predicted octanol–water partition coefficient (Wildman–Crippen LogP) is 4.73. The Kier molecular flexibility index (Phi) is 4.94. The fourth-order valence-electron chi connectivity index (χ4n) is 3.26. The molecule has 1 heterocycles. The molecule has 0 aliphatic carbocycles. The maximum atomic E-state index is 12.7. The summed E-state index contributed by atoms with van der Waals surface area (Å²) in [4.78, 5) is 12.7. The fourth-order valence-corrected chi connectivity index (χ4v) is 3.26. The number of aromatic nitrogens is 2. The van der Waals surface area contributed by atoms with Crippen molar-refractivity contribution in [2.75, 3.05) is 5.32 Å². The van der Waals surface area contributed by atoms with Gasteiger partial charge in [0, 0.05) is 5.56 Å². The molecule has 26 heavy (non-hydrogen) atoms. The summed E-state index contributed by atoms with van der Waals surface area (Å²) in [5.74, 6) is -0.0937. The third-order valence-corrected chi connectivity index (χ3v) is 4.66. The Bertz CT molecular complexity index is 970. The Balaban J connectivity index is 1.85. The third-order valence-electron chi connectivity index (χ3n) is 4.66. The highest BCUT2D eigenvalue weighted by Crippen LogP contribution is 2.22. The second-order valence-electron chi connectivity index (χ2n) is 6.97. The Morgan fingerprint density at radius 2 is 1.73 bits per heavy atom. The molecule has 0 aliphatic heterocycles. The zero-order valence-electron chi connectivity index (χ0n) is 16.1. The van der Waals surface area contributed by atoms with Crippen LogP contribution in [0.15, 0.2) is 42.5 Å². The predicted molar refractivity (Wildman–Crippen MR) is 106 cm³/mol. The highest BCUT2D eigenvalue weighted by molar-refractivity contribution is 6.05. The number of nitrogens with one attached hydrogen (secondary N) is 1. The van der Waals surface area contributed by atoms with Gasteiger partial charge >= 0.3 is 0 Å². The molecule has 0 atom stereocenters. The molecule has 0 aliphatic rings. The lowest BCUT2D eigenvalue weighted by atomic mass is 10.1. The summed E-state index contributed by atoms with van der Waals surface area (Å²) in [7, 11) is 0. The molecule has 134 valence electrons. The number of nitrogens with zero attached hydrogens (tertiary/aromatic N) is 2. The van der Waals surface area contributed by atoms with Gasteiger partial charge in [0.2, 0.25) is 0 Å². The average molecular weight is 347 g/mol. The summed E-state index contributed by atoms with van der Waals surface area (Å²) in [5, 5.41) is 7.67. The highest BCUT2D eigenvalue weighted by Gasteiger charge is 2.16. The van der Waals surface area contributed by atoms with Gasteiger partial charge in [-0.3, -0.25) is 9.48 Å². The van der Waals surface area contributed by atoms with Gasteiger partial charge < -0.3 is 5.32 Å². The van der Waals surface area contributed by atoms with Crippen LogP contribution >= 0.6 is 0 Å². The normalized spacial score (nSPS) is 10.8. The number of amides is 1. The molecule has 0 spiro atoms. The zero-order chi connectivity index (χ0) is 18.8. The van der Waals surface area contributed by atoms with Gasteiger partial charge in [-0.15, -0.1) is 0 Å². The molecule has 1 N–H and O–H groups in total. The van der Waals surface area contributed by atoms with Gasteiger partial charge in [0.15, 0.2) is 0 Å². The minimum absolute atomic E-state index is 0.0937. The first-order chi connectivity index (χ1) is 12.3. The van der Waals surface area contributed by atoms with E-state index in [4.69, 9.17) is 0 Å². The number of benzene rings is 2. The van der Waals surface area contributed by atoms with Crippen LogP contribution in [0.4, 0.5) is 5.69 Å². The van der Waals surface area contributed by atoms with Gasteiger partial charge in [-0.1, -0.05) is 47.5 Å². The second kappa shape index (κ2) is 7.16. The summed E-state index contributed by atoms with van der Waals surface area (Å²) in [5.41, 5.74) is 7.83. The molecule has 0 saturated carbocycles. The van der Waals surface area contributed by atoms with Crippen molar-refractivity contribution in [1.82, 2.24) is 9.78 Å². The van der Waals surface area contributed by atoms with E-state index in [2.05, 4.69) is 41.6 Å². The summed E-state index contributed by atoms with van der Waals surface area (Å²) in [6, 6.07) is 14.3. The first-order valence-corrected chi connectivity index (χ1v) is 8.83. The minimum Gasteiger partial charge on any atom is -0.319 e. The van der Waals surface area contributed by atoms with Gasteiger partial charge in [0.1, 0.15) is 0 Å². The van der Waals surface area contributed by atoms with Gasteiger partial charge in [-0.05, 0) is 51.8 Å². The number of anilines is 1. The SMILES string of the molecule is Cc1cccc(Cn2nc(C)c(NC(=O)c3ccc(C)cc3C)c2C)c1. The van der Waals surface area contributed by atoms with E-state index in [-0.39, 0.29) is 5.91 Å². The lowest BCUT2D eigenvalue weighted by molar-refractivity contribution is 0.102. The van der Waals surface area contributed by atoms with Crippen molar-refractivity contribution in [3.05, 3.63) is 81.7 Å². The maximum absolute atomic E-state index is 12.7. The van der Waals surface area contributed by atoms with Crippen LogP contribution in [-0.4, -0.2) is 15.7 Å². The summed E-state index contributed by atoms with van der Waals surface area (Å²) in [6.07, 6.45) is 0. The van der Waals surface area contributed by atoms with Crippen LogP contribution in [0.3, 0.4) is 0 Å². The Morgan fingerprint density at radius 1 is 1.00 bits per heavy atom. The van der Waals surface area contributed by atoms with Crippen LogP contribution in [0.1, 0.15) is 44.0 Å². The van der Waals surface area contributed by atoms with Crippen LogP contribution in [-0.2, 0) is 6.54 Å². The molecule has 0 unspecified atom stereocenters. The van der Waals surface area contributed by atoms with Crippen LogP contribution < -0.4 is 5.32 Å². The largest absolute Gasteiger partial charge is 0.319 e. The van der Waals surface area contributed by atoms with Gasteiger partial charge in [-0.2, -0.15) is 5.10 Å². The average Bonchev–Trinajstić information content (AvgIpc) is 2.82. The van der Waals surface area contributed by atoms with Gasteiger partial charge in [0.05, 0.1) is 23.6 Å². The monoisotopic (exact) mass is 347 g/mol. The molecule has 1 aromatic heterocycles. The standard InChI is InChI=1S/C22H25N3O/c1-14-7-6-8-19(12-14)13-25-18(5)21(17(4)24-25)23-22(26)20-10-9-15(2)11-16(20)3/h6-12H,13H2,1-5H3,(H,23,26). The molecule has 0 bridgehead atoms. The maximum Gasteiger partial charge on any atom is 0.256 e. The van der Waals surface area contributed by atoms with E-state index in [1.807, 2.05) is 50.6 Å². The van der Waals surface area contributed by atoms with Crippen LogP contribution in [0.2, 0.25) is 0 Å². The van der Waals surface area contributed by atoms with Crippen molar-refractivity contribution in [1.29, 1.82) is 0 Å². The Morgan fingerprint density at radius 3 is 2.42 bits per heavy atom. The van der Waals surface area contributed by atoms with E-state index in [0.717, 1.165) is 28.2 Å². The Hall–Kier alpha value is -2.88. The third kappa shape index (κ3) is 3.69. The van der Waals surface area contributed by atoms with Crippen molar-refractivity contribution in [3.63, 3.8) is 0 Å². The van der Waals surface area contributed by atoms with Crippen molar-refractivity contribution >= 4 is 11.6 Å². The van der Waals surface area contributed by atoms with Crippen LogP contribution in [0.25, 0.3) is 0 Å². The van der Waals surface area contributed by atoms with E-state index < -0.39 is 0 Å². The number of carbonyl (C=O) groups excluding carboxylic acids is 1. The molecule has 4 heteroatoms. The molecule has 1 amide bonds. The molecule has 0 fully saturated rings. The molecular formula is C22H25N3O. The van der Waals surface area contributed by atoms with E-state index in [0.29, 0.717) is 12.1 Å². The smallest absolute Gasteiger partial charge is 0.256 e. The van der Waals surface area contributed by atoms with Gasteiger partial charge in [-0.25, -0.2) is 0 Å². The quantitative estimate of drug-likeness (QED) is 0.742. The number of carbonyl (C=O) groups is 1. The fraction of sp³-hybridized carbons (Fsp3) is 0.273. The summed E-state index contributed by atoms with van der Waals surface area (Å²) >= 11 is 0. The van der Waals surface area contributed by atoms with Crippen molar-refractivity contribution < 1.29 is 4.79 Å². The van der Waals surface area contributed by atoms with Crippen LogP contribution in [0, 0.1) is 34.6 Å². The van der Waals surface area contributed by atoms with Crippen LogP contribution in [0.5, 0.6) is 0 Å². The van der Waals surface area contributed by atoms with Gasteiger partial charge in [0.25, 0.3) is 5.91 Å². The first-order valence-electron chi connectivity index (χ1n) is 8.83. The topological polar surface area (TPSA) is 46.9 Å². The lowest BCUT2D eigenvalue weighted by Gasteiger charge is -2.10. The van der Waals surface area contributed by atoms with E-state index in [1.54, 1.807) is 0 Å². The number of hydrogen-bond donors (Lipinski definition) is 1. The number of hydrogen-bond acceptors (Lipinski definition) is 2. The van der Waals surface area contributed by atoms with Crippen molar-refractivity contribution in [2.24, 2.45) is 0 Å². The minimum atomic E-state index is -0.0937. The lowest BCUT2D eigenvalue weighted by Crippen LogP contribution is -2.14. The van der Waals surface area contributed by atoms with Crippen molar-refractivity contribution in [3.8, 4) is 0 Å². The van der Waals surface area contributed by atoms with E-state index in [9.17, 15) is 4.79 Å². The zero-order valence-corrected chi connectivity index (χ0v) is 16.1.